The Kier molecular flexibility index (Phi) is 5.00. The second-order valence-corrected chi connectivity index (χ2v) is 3.44. The summed E-state index contributed by atoms with van der Waals surface area (Å²) in [4.78, 5) is 24.9. The number of carbonyl (C=O) groups is 1. The smallest absolute Gasteiger partial charge is 0.326 e. The Morgan fingerprint density at radius 1 is 1.72 bits per heavy atom. The first-order chi connectivity index (χ1) is 8.56. The fourth-order valence-corrected chi connectivity index (χ4v) is 1.31. The fraction of sp³-hybridized carbons (Fsp3) is 0.400. The number of carboxylic acid groups (broad SMARTS) is 1. The lowest BCUT2D eigenvalue weighted by atomic mass is 10.2. The summed E-state index contributed by atoms with van der Waals surface area (Å²) >= 11 is 0. The van der Waals surface area contributed by atoms with Gasteiger partial charge in [-0.3, -0.25) is 10.1 Å². The molecule has 0 fully saturated rings. The van der Waals surface area contributed by atoms with Gasteiger partial charge in [0.05, 0.1) is 4.92 Å². The number of nitrogens with zero attached hydrogens (tertiary/aromatic N) is 2. The Labute approximate surface area is 103 Å². The molecule has 1 heterocycles. The molecule has 0 saturated heterocycles. The van der Waals surface area contributed by atoms with Gasteiger partial charge in [-0.15, -0.1) is 0 Å². The van der Waals surface area contributed by atoms with E-state index >= 15 is 0 Å². The standard InChI is InChI=1S/C10H13N3O5/c1-18-6-4-7(10(14)15)12-9-8(13(16)17)3-2-5-11-9/h2-3,5,7H,4,6H2,1H3,(H,11,12)(H,14,15). The summed E-state index contributed by atoms with van der Waals surface area (Å²) in [6, 6.07) is 1.68. The molecule has 1 atom stereocenters. The SMILES string of the molecule is COCCC(Nc1ncccc1[N+](=O)[O-])C(=O)O. The van der Waals surface area contributed by atoms with Gasteiger partial charge in [-0.25, -0.2) is 9.78 Å². The molecular formula is C10H13N3O5. The molecule has 0 aliphatic heterocycles. The monoisotopic (exact) mass is 255 g/mol. The van der Waals surface area contributed by atoms with E-state index in [2.05, 4.69) is 10.3 Å². The number of pyridine rings is 1. The van der Waals surface area contributed by atoms with Gasteiger partial charge in [0.1, 0.15) is 6.04 Å². The van der Waals surface area contributed by atoms with E-state index in [9.17, 15) is 14.9 Å². The number of aliphatic carboxylic acids is 1. The van der Waals surface area contributed by atoms with Gasteiger partial charge in [-0.2, -0.15) is 0 Å². The second-order valence-electron chi connectivity index (χ2n) is 3.44. The van der Waals surface area contributed by atoms with E-state index < -0.39 is 16.9 Å². The van der Waals surface area contributed by atoms with Crippen LogP contribution >= 0.6 is 0 Å². The second kappa shape index (κ2) is 6.50. The van der Waals surface area contributed by atoms with Crippen LogP contribution in [0.2, 0.25) is 0 Å². The Hall–Kier alpha value is -2.22. The summed E-state index contributed by atoms with van der Waals surface area (Å²) < 4.78 is 4.78. The molecule has 0 amide bonds. The van der Waals surface area contributed by atoms with Crippen LogP contribution in [0.1, 0.15) is 6.42 Å². The van der Waals surface area contributed by atoms with Crippen molar-refractivity contribution >= 4 is 17.5 Å². The van der Waals surface area contributed by atoms with E-state index in [0.717, 1.165) is 0 Å². The molecule has 1 unspecified atom stereocenters. The molecule has 2 N–H and O–H groups in total. The van der Waals surface area contributed by atoms with Crippen molar-refractivity contribution in [2.24, 2.45) is 0 Å². The molecule has 1 aromatic rings. The lowest BCUT2D eigenvalue weighted by molar-refractivity contribution is -0.384. The normalized spacial score (nSPS) is 11.8. The number of nitrogens with one attached hydrogen (secondary N) is 1. The molecular weight excluding hydrogens is 242 g/mol. The first-order valence-electron chi connectivity index (χ1n) is 5.14. The molecule has 0 aliphatic rings. The van der Waals surface area contributed by atoms with Crippen molar-refractivity contribution in [3.8, 4) is 0 Å². The zero-order valence-corrected chi connectivity index (χ0v) is 9.70. The first kappa shape index (κ1) is 13.8. The lowest BCUT2D eigenvalue weighted by Crippen LogP contribution is -2.31. The Balaban J connectivity index is 2.86. The van der Waals surface area contributed by atoms with Gasteiger partial charge in [0, 0.05) is 32.4 Å². The topological polar surface area (TPSA) is 115 Å². The number of methoxy groups -OCH3 is 1. The largest absolute Gasteiger partial charge is 0.480 e. The van der Waals surface area contributed by atoms with Gasteiger partial charge in [0.2, 0.25) is 5.82 Å². The molecule has 18 heavy (non-hydrogen) atoms. The molecule has 0 bridgehead atoms. The van der Waals surface area contributed by atoms with E-state index in [1.807, 2.05) is 0 Å². The van der Waals surface area contributed by atoms with Crippen LogP contribution in [0, 0.1) is 10.1 Å². The van der Waals surface area contributed by atoms with E-state index in [0.29, 0.717) is 0 Å². The van der Waals surface area contributed by atoms with Crippen molar-refractivity contribution in [3.63, 3.8) is 0 Å². The minimum atomic E-state index is -1.12. The third-order valence-corrected chi connectivity index (χ3v) is 2.20. The summed E-state index contributed by atoms with van der Waals surface area (Å²) in [7, 11) is 1.45. The van der Waals surface area contributed by atoms with Crippen molar-refractivity contribution in [2.45, 2.75) is 12.5 Å². The average molecular weight is 255 g/mol. The van der Waals surface area contributed by atoms with Crippen LogP contribution in [0.15, 0.2) is 18.3 Å². The zero-order valence-electron chi connectivity index (χ0n) is 9.70. The van der Waals surface area contributed by atoms with Crippen molar-refractivity contribution in [1.29, 1.82) is 0 Å². The highest BCUT2D eigenvalue weighted by molar-refractivity contribution is 5.78. The van der Waals surface area contributed by atoms with Gasteiger partial charge >= 0.3 is 11.7 Å². The van der Waals surface area contributed by atoms with Gasteiger partial charge < -0.3 is 15.2 Å². The van der Waals surface area contributed by atoms with Crippen molar-refractivity contribution < 1.29 is 19.6 Å². The molecule has 0 aromatic carbocycles. The molecule has 0 saturated carbocycles. The Morgan fingerprint density at radius 3 is 3.00 bits per heavy atom. The molecule has 0 radical (unpaired) electrons. The van der Waals surface area contributed by atoms with Crippen LogP contribution in [0.5, 0.6) is 0 Å². The number of rotatable bonds is 7. The minimum absolute atomic E-state index is 0.0639. The van der Waals surface area contributed by atoms with Gasteiger partial charge in [0.25, 0.3) is 0 Å². The summed E-state index contributed by atoms with van der Waals surface area (Å²) in [6.45, 7) is 0.227. The number of nitro groups is 1. The third-order valence-electron chi connectivity index (χ3n) is 2.20. The van der Waals surface area contributed by atoms with Gasteiger partial charge in [-0.05, 0) is 6.07 Å². The predicted molar refractivity (Wildman–Crippen MR) is 62.4 cm³/mol. The Bertz CT molecular complexity index is 437. The predicted octanol–water partition coefficient (Wildman–Crippen LogP) is 0.891. The van der Waals surface area contributed by atoms with Gasteiger partial charge in [-0.1, -0.05) is 0 Å². The highest BCUT2D eigenvalue weighted by atomic mass is 16.6. The highest BCUT2D eigenvalue weighted by Gasteiger charge is 2.22. The maximum absolute atomic E-state index is 11.0. The fourth-order valence-electron chi connectivity index (χ4n) is 1.31. The number of aromatic nitrogens is 1. The van der Waals surface area contributed by atoms with Crippen LogP contribution in [-0.2, 0) is 9.53 Å². The summed E-state index contributed by atoms with van der Waals surface area (Å²) in [5.41, 5.74) is -0.263. The van der Waals surface area contributed by atoms with E-state index in [1.54, 1.807) is 0 Å². The molecule has 98 valence electrons. The quantitative estimate of drug-likeness (QED) is 0.549. The summed E-state index contributed by atoms with van der Waals surface area (Å²) in [6.07, 6.45) is 1.53. The van der Waals surface area contributed by atoms with Gasteiger partial charge in [0.15, 0.2) is 0 Å². The lowest BCUT2D eigenvalue weighted by Gasteiger charge is -2.14. The van der Waals surface area contributed by atoms with Crippen LogP contribution in [-0.4, -0.2) is 40.7 Å². The van der Waals surface area contributed by atoms with Crippen LogP contribution in [0.3, 0.4) is 0 Å². The van der Waals surface area contributed by atoms with Crippen LogP contribution in [0.25, 0.3) is 0 Å². The molecule has 1 rings (SSSR count). The Morgan fingerprint density at radius 2 is 2.44 bits per heavy atom. The zero-order chi connectivity index (χ0) is 13.5. The number of carboxylic acids is 1. The number of ether oxygens (including phenoxy) is 1. The molecule has 0 spiro atoms. The number of hydrogen-bond acceptors (Lipinski definition) is 6. The first-order valence-corrected chi connectivity index (χ1v) is 5.14. The average Bonchev–Trinajstić information content (AvgIpc) is 2.34. The van der Waals surface area contributed by atoms with Crippen molar-refractivity contribution in [3.05, 3.63) is 28.4 Å². The van der Waals surface area contributed by atoms with E-state index in [-0.39, 0.29) is 24.5 Å². The maximum Gasteiger partial charge on any atom is 0.326 e. The summed E-state index contributed by atoms with van der Waals surface area (Å²) in [5, 5.41) is 22.2. The number of hydrogen-bond donors (Lipinski definition) is 2. The molecule has 8 heteroatoms. The maximum atomic E-state index is 11.0. The highest BCUT2D eigenvalue weighted by Crippen LogP contribution is 2.21. The minimum Gasteiger partial charge on any atom is -0.480 e. The number of anilines is 1. The molecule has 0 aliphatic carbocycles. The van der Waals surface area contributed by atoms with Crippen LogP contribution in [0.4, 0.5) is 11.5 Å². The third kappa shape index (κ3) is 3.67. The molecule has 1 aromatic heterocycles. The van der Waals surface area contributed by atoms with Crippen LogP contribution < -0.4 is 5.32 Å². The van der Waals surface area contributed by atoms with E-state index in [1.165, 1.54) is 25.4 Å². The van der Waals surface area contributed by atoms with E-state index in [4.69, 9.17) is 9.84 Å². The summed E-state index contributed by atoms with van der Waals surface area (Å²) in [5.74, 6) is -1.18. The molecule has 8 nitrogen and oxygen atoms in total. The van der Waals surface area contributed by atoms with Crippen molar-refractivity contribution in [1.82, 2.24) is 4.98 Å². The van der Waals surface area contributed by atoms with Crippen molar-refractivity contribution in [2.75, 3.05) is 19.0 Å².